The fourth-order valence-corrected chi connectivity index (χ4v) is 1.79. The predicted molar refractivity (Wildman–Crippen MR) is 57.9 cm³/mol. The molecule has 1 heterocycles. The minimum Gasteiger partial charge on any atom is -0.370 e. The molecule has 13 heavy (non-hydrogen) atoms. The Kier molecular flexibility index (Phi) is 6.37. The van der Waals surface area contributed by atoms with Gasteiger partial charge >= 0.3 is 0 Å². The maximum absolute atomic E-state index is 7.30. The molecule has 0 aromatic carbocycles. The minimum atomic E-state index is 0.251. The molecule has 0 aromatic rings. The topological polar surface area (TPSA) is 53.1 Å². The second-order valence-corrected chi connectivity index (χ2v) is 3.16. The van der Waals surface area contributed by atoms with E-state index in [-0.39, 0.29) is 5.96 Å². The number of rotatable bonds is 2. The smallest absolute Gasteiger partial charge is 0.188 e. The molecule has 0 spiro atoms. The first-order chi connectivity index (χ1) is 6.25. The maximum atomic E-state index is 7.30. The average molecular weight is 185 g/mol. The fraction of sp³-hybridized carbons (Fsp3) is 0.900. The van der Waals surface area contributed by atoms with Gasteiger partial charge < -0.3 is 10.6 Å². The zero-order valence-electron chi connectivity index (χ0n) is 9.14. The van der Waals surface area contributed by atoms with Crippen LogP contribution in [0, 0.1) is 5.41 Å². The van der Waals surface area contributed by atoms with Crippen LogP contribution in [0.1, 0.15) is 46.5 Å². The summed E-state index contributed by atoms with van der Waals surface area (Å²) in [5.74, 6) is 0.251. The number of hydrogen-bond acceptors (Lipinski definition) is 1. The lowest BCUT2D eigenvalue weighted by atomic mass is 10.1. The molecule has 1 atom stereocenters. The van der Waals surface area contributed by atoms with Crippen molar-refractivity contribution < 1.29 is 0 Å². The van der Waals surface area contributed by atoms with Crippen LogP contribution in [0.4, 0.5) is 0 Å². The summed E-state index contributed by atoms with van der Waals surface area (Å²) < 4.78 is 0. The van der Waals surface area contributed by atoms with Gasteiger partial charge in [0.05, 0.1) is 0 Å². The highest BCUT2D eigenvalue weighted by atomic mass is 15.3. The molecule has 1 aliphatic rings. The first kappa shape index (κ1) is 12.3. The minimum absolute atomic E-state index is 0.251. The Morgan fingerprint density at radius 3 is 2.62 bits per heavy atom. The molecule has 0 bridgehead atoms. The first-order valence-electron chi connectivity index (χ1n) is 5.36. The number of guanidine groups is 1. The molecule has 3 N–H and O–H groups in total. The molecule has 1 rings (SSSR count). The number of likely N-dealkylation sites (tertiary alicyclic amines) is 1. The van der Waals surface area contributed by atoms with Gasteiger partial charge in [-0.2, -0.15) is 0 Å². The highest BCUT2D eigenvalue weighted by Gasteiger charge is 2.23. The van der Waals surface area contributed by atoms with Gasteiger partial charge in [0.1, 0.15) is 0 Å². The summed E-state index contributed by atoms with van der Waals surface area (Å²) in [5, 5.41) is 7.30. The third-order valence-corrected chi connectivity index (χ3v) is 2.31. The fourth-order valence-electron chi connectivity index (χ4n) is 1.79. The molecule has 3 heteroatoms. The lowest BCUT2D eigenvalue weighted by Gasteiger charge is -2.23. The van der Waals surface area contributed by atoms with Gasteiger partial charge in [0.2, 0.25) is 0 Å². The summed E-state index contributed by atoms with van der Waals surface area (Å²) in [7, 11) is 0. The molecule has 1 unspecified atom stereocenters. The molecular weight excluding hydrogens is 162 g/mol. The van der Waals surface area contributed by atoms with E-state index in [0.717, 1.165) is 6.54 Å². The Hall–Kier alpha value is -0.730. The zero-order chi connectivity index (χ0) is 10.3. The molecule has 3 nitrogen and oxygen atoms in total. The summed E-state index contributed by atoms with van der Waals surface area (Å²) in [6.45, 7) is 7.16. The number of nitrogens with two attached hydrogens (primary N) is 1. The van der Waals surface area contributed by atoms with Crippen molar-refractivity contribution in [1.29, 1.82) is 5.41 Å². The highest BCUT2D eigenvalue weighted by molar-refractivity contribution is 5.75. The summed E-state index contributed by atoms with van der Waals surface area (Å²) in [6.07, 6.45) is 4.78. The van der Waals surface area contributed by atoms with Crippen LogP contribution in [0.5, 0.6) is 0 Å². The van der Waals surface area contributed by atoms with Crippen molar-refractivity contribution in [1.82, 2.24) is 4.90 Å². The van der Waals surface area contributed by atoms with Gasteiger partial charge in [0, 0.05) is 12.6 Å². The largest absolute Gasteiger partial charge is 0.370 e. The van der Waals surface area contributed by atoms with Crippen molar-refractivity contribution in [3.05, 3.63) is 0 Å². The van der Waals surface area contributed by atoms with Gasteiger partial charge in [0.15, 0.2) is 5.96 Å². The van der Waals surface area contributed by atoms with E-state index in [0.29, 0.717) is 6.04 Å². The van der Waals surface area contributed by atoms with E-state index in [9.17, 15) is 0 Å². The first-order valence-corrected chi connectivity index (χ1v) is 5.36. The van der Waals surface area contributed by atoms with Crippen molar-refractivity contribution in [2.24, 2.45) is 5.73 Å². The van der Waals surface area contributed by atoms with Crippen LogP contribution >= 0.6 is 0 Å². The highest BCUT2D eigenvalue weighted by Crippen LogP contribution is 2.19. The van der Waals surface area contributed by atoms with Gasteiger partial charge in [-0.3, -0.25) is 5.41 Å². The lowest BCUT2D eigenvalue weighted by Crippen LogP contribution is -2.39. The van der Waals surface area contributed by atoms with E-state index in [1.807, 2.05) is 18.7 Å². The van der Waals surface area contributed by atoms with E-state index in [4.69, 9.17) is 11.1 Å². The normalized spacial score (nSPS) is 20.8. The van der Waals surface area contributed by atoms with E-state index in [1.54, 1.807) is 0 Å². The molecule has 1 fully saturated rings. The van der Waals surface area contributed by atoms with Gasteiger partial charge in [-0.25, -0.2) is 0 Å². The van der Waals surface area contributed by atoms with Crippen LogP contribution in [-0.2, 0) is 0 Å². The Morgan fingerprint density at radius 1 is 1.54 bits per heavy atom. The molecule has 1 aliphatic heterocycles. The zero-order valence-corrected chi connectivity index (χ0v) is 9.14. The lowest BCUT2D eigenvalue weighted by molar-refractivity contribution is 0.360. The second-order valence-electron chi connectivity index (χ2n) is 3.16. The van der Waals surface area contributed by atoms with Gasteiger partial charge in [-0.05, 0) is 19.3 Å². The van der Waals surface area contributed by atoms with Gasteiger partial charge in [-0.1, -0.05) is 27.2 Å². The van der Waals surface area contributed by atoms with E-state index < -0.39 is 0 Å². The number of nitrogens with one attached hydrogen (secondary N) is 1. The van der Waals surface area contributed by atoms with Gasteiger partial charge in [0.25, 0.3) is 0 Å². The van der Waals surface area contributed by atoms with Crippen LogP contribution < -0.4 is 5.73 Å². The Bertz CT molecular complexity index is 145. The van der Waals surface area contributed by atoms with E-state index in [1.165, 1.54) is 25.7 Å². The summed E-state index contributed by atoms with van der Waals surface area (Å²) in [6, 6.07) is 0.553. The van der Waals surface area contributed by atoms with E-state index in [2.05, 4.69) is 6.92 Å². The summed E-state index contributed by atoms with van der Waals surface area (Å²) in [4.78, 5) is 2.02. The molecule has 0 aliphatic carbocycles. The quantitative estimate of drug-likeness (QED) is 0.511. The Labute approximate surface area is 81.8 Å². The standard InChI is InChI=1S/C8H17N3.C2H6/c1-2-4-7-5-3-6-11(7)8(9)10;1-2/h7H,2-6H2,1H3,(H3,9,10);1-2H3. The van der Waals surface area contributed by atoms with Crippen LogP contribution in [0.15, 0.2) is 0 Å². The van der Waals surface area contributed by atoms with Crippen molar-refractivity contribution in [2.75, 3.05) is 6.54 Å². The van der Waals surface area contributed by atoms with Crippen LogP contribution in [0.3, 0.4) is 0 Å². The third-order valence-electron chi connectivity index (χ3n) is 2.31. The molecule has 0 radical (unpaired) electrons. The van der Waals surface area contributed by atoms with Crippen molar-refractivity contribution in [2.45, 2.75) is 52.5 Å². The van der Waals surface area contributed by atoms with Crippen molar-refractivity contribution >= 4 is 5.96 Å². The SMILES string of the molecule is CC.CCCC1CCCN1C(=N)N. The van der Waals surface area contributed by atoms with Crippen LogP contribution in [0.25, 0.3) is 0 Å². The molecule has 0 amide bonds. The third kappa shape index (κ3) is 3.66. The van der Waals surface area contributed by atoms with E-state index >= 15 is 0 Å². The molecular formula is C10H23N3. The Balaban J connectivity index is 0.000000671. The van der Waals surface area contributed by atoms with Crippen molar-refractivity contribution in [3.8, 4) is 0 Å². The van der Waals surface area contributed by atoms with Gasteiger partial charge in [-0.15, -0.1) is 0 Å². The average Bonchev–Trinajstić information content (AvgIpc) is 2.57. The molecule has 1 saturated heterocycles. The van der Waals surface area contributed by atoms with Crippen LogP contribution in [-0.4, -0.2) is 23.4 Å². The predicted octanol–water partition coefficient (Wildman–Crippen LogP) is 2.17. The molecule has 78 valence electrons. The Morgan fingerprint density at radius 2 is 2.15 bits per heavy atom. The summed E-state index contributed by atoms with van der Waals surface area (Å²) in [5.41, 5.74) is 5.43. The number of nitrogens with zero attached hydrogens (tertiary/aromatic N) is 1. The monoisotopic (exact) mass is 185 g/mol. The van der Waals surface area contributed by atoms with Crippen molar-refractivity contribution in [3.63, 3.8) is 0 Å². The summed E-state index contributed by atoms with van der Waals surface area (Å²) >= 11 is 0. The molecule has 0 aromatic heterocycles. The maximum Gasteiger partial charge on any atom is 0.188 e. The second kappa shape index (κ2) is 6.75. The van der Waals surface area contributed by atoms with Crippen LogP contribution in [0.2, 0.25) is 0 Å². The molecule has 0 saturated carbocycles. The number of hydrogen-bond donors (Lipinski definition) is 2.